The Morgan fingerprint density at radius 2 is 1.30 bits per heavy atom. The zero-order valence-corrected chi connectivity index (χ0v) is 15.7. The molecule has 172 valence electrons. The SMILES string of the molecule is CC(C)(CNN)COC(=O)c1ccccc1.O=C(O)C(F)(F)F.O=C(O)C(F)(F)F. The van der Waals surface area contributed by atoms with Gasteiger partial charge in [-0.3, -0.25) is 11.3 Å². The molecule has 5 N–H and O–H groups in total. The number of benzene rings is 1. The number of aliphatic carboxylic acids is 2. The molecule has 30 heavy (non-hydrogen) atoms. The largest absolute Gasteiger partial charge is 0.490 e. The second-order valence-electron chi connectivity index (χ2n) is 6.09. The van der Waals surface area contributed by atoms with E-state index in [1.165, 1.54) is 0 Å². The molecule has 0 unspecified atom stereocenters. The van der Waals surface area contributed by atoms with Gasteiger partial charge in [-0.2, -0.15) is 26.3 Å². The minimum Gasteiger partial charge on any atom is -0.475 e. The molecular weight excluding hydrogens is 430 g/mol. The summed E-state index contributed by atoms with van der Waals surface area (Å²) in [5.74, 6) is -0.573. The van der Waals surface area contributed by atoms with Crippen molar-refractivity contribution < 1.29 is 55.7 Å². The van der Waals surface area contributed by atoms with Gasteiger partial charge in [0.25, 0.3) is 0 Å². The Morgan fingerprint density at radius 3 is 1.60 bits per heavy atom. The van der Waals surface area contributed by atoms with E-state index in [2.05, 4.69) is 5.43 Å². The van der Waals surface area contributed by atoms with Gasteiger partial charge in [0.2, 0.25) is 0 Å². The third-order valence-corrected chi connectivity index (χ3v) is 2.67. The highest BCUT2D eigenvalue weighted by Gasteiger charge is 2.38. The number of carboxylic acids is 2. The molecule has 14 heteroatoms. The summed E-state index contributed by atoms with van der Waals surface area (Å²) in [5, 5.41) is 14.2. The van der Waals surface area contributed by atoms with Crippen LogP contribution in [0.5, 0.6) is 0 Å². The lowest BCUT2D eigenvalue weighted by Crippen LogP contribution is -2.37. The third-order valence-electron chi connectivity index (χ3n) is 2.67. The second-order valence-corrected chi connectivity index (χ2v) is 6.09. The first-order chi connectivity index (χ1) is 13.4. The molecule has 0 aliphatic carbocycles. The number of carboxylic acid groups (broad SMARTS) is 2. The molecule has 1 aromatic carbocycles. The summed E-state index contributed by atoms with van der Waals surface area (Å²) in [6, 6.07) is 8.94. The molecule has 0 aromatic heterocycles. The van der Waals surface area contributed by atoms with Crippen molar-refractivity contribution in [3.05, 3.63) is 35.9 Å². The van der Waals surface area contributed by atoms with Crippen LogP contribution in [0, 0.1) is 5.41 Å². The molecule has 0 spiro atoms. The van der Waals surface area contributed by atoms with Crippen molar-refractivity contribution in [3.8, 4) is 0 Å². The zero-order chi connectivity index (χ0) is 24.2. The van der Waals surface area contributed by atoms with E-state index >= 15 is 0 Å². The maximum absolute atomic E-state index is 11.6. The van der Waals surface area contributed by atoms with E-state index in [0.29, 0.717) is 18.7 Å². The molecule has 0 heterocycles. The molecule has 1 rings (SSSR count). The molecule has 0 radical (unpaired) electrons. The first-order valence-electron chi connectivity index (χ1n) is 7.70. The van der Waals surface area contributed by atoms with Gasteiger partial charge in [0, 0.05) is 12.0 Å². The van der Waals surface area contributed by atoms with Crippen molar-refractivity contribution >= 4 is 17.9 Å². The Hall–Kier alpha value is -2.87. The van der Waals surface area contributed by atoms with Crippen LogP contribution in [0.15, 0.2) is 30.3 Å². The van der Waals surface area contributed by atoms with Crippen molar-refractivity contribution in [3.63, 3.8) is 0 Å². The number of carbonyl (C=O) groups is 3. The van der Waals surface area contributed by atoms with Crippen molar-refractivity contribution in [2.75, 3.05) is 13.2 Å². The first-order valence-corrected chi connectivity index (χ1v) is 7.70. The summed E-state index contributed by atoms with van der Waals surface area (Å²) in [5.41, 5.74) is 2.98. The Balaban J connectivity index is 0. The number of alkyl halides is 6. The van der Waals surface area contributed by atoms with Gasteiger partial charge in [0.15, 0.2) is 0 Å². The average Bonchev–Trinajstić information content (AvgIpc) is 2.60. The van der Waals surface area contributed by atoms with Crippen molar-refractivity contribution in [1.82, 2.24) is 5.43 Å². The van der Waals surface area contributed by atoms with E-state index in [0.717, 1.165) is 0 Å². The highest BCUT2D eigenvalue weighted by Crippen LogP contribution is 2.15. The van der Waals surface area contributed by atoms with Gasteiger partial charge in [-0.05, 0) is 12.1 Å². The van der Waals surface area contributed by atoms with E-state index in [1.54, 1.807) is 12.1 Å². The number of nitrogens with two attached hydrogens (primary N) is 1. The van der Waals surface area contributed by atoms with Crippen LogP contribution in [0.25, 0.3) is 0 Å². The van der Waals surface area contributed by atoms with Gasteiger partial charge < -0.3 is 14.9 Å². The van der Waals surface area contributed by atoms with Gasteiger partial charge in [-0.15, -0.1) is 0 Å². The minimum absolute atomic E-state index is 0.167. The molecule has 0 aliphatic rings. The summed E-state index contributed by atoms with van der Waals surface area (Å²) in [4.78, 5) is 29.4. The fraction of sp³-hybridized carbons (Fsp3) is 0.438. The van der Waals surface area contributed by atoms with Crippen LogP contribution >= 0.6 is 0 Å². The number of nitrogens with one attached hydrogen (secondary N) is 1. The fourth-order valence-electron chi connectivity index (χ4n) is 1.25. The van der Waals surface area contributed by atoms with Crippen LogP contribution in [0.3, 0.4) is 0 Å². The second kappa shape index (κ2) is 12.6. The summed E-state index contributed by atoms with van der Waals surface area (Å²) in [6.45, 7) is 4.89. The number of hydrogen-bond donors (Lipinski definition) is 4. The number of esters is 1. The molecule has 0 fully saturated rings. The molecule has 0 aliphatic heterocycles. The monoisotopic (exact) mass is 450 g/mol. The van der Waals surface area contributed by atoms with E-state index in [9.17, 15) is 31.1 Å². The van der Waals surface area contributed by atoms with Gasteiger partial charge >= 0.3 is 30.3 Å². The fourth-order valence-corrected chi connectivity index (χ4v) is 1.25. The van der Waals surface area contributed by atoms with Crippen LogP contribution < -0.4 is 11.3 Å². The van der Waals surface area contributed by atoms with E-state index in [4.69, 9.17) is 30.4 Å². The number of carbonyl (C=O) groups excluding carboxylic acids is 1. The van der Waals surface area contributed by atoms with Crippen molar-refractivity contribution in [1.29, 1.82) is 0 Å². The summed E-state index contributed by atoms with van der Waals surface area (Å²) in [7, 11) is 0. The standard InChI is InChI=1S/C12H18N2O2.2C2HF3O2/c1-12(2,8-14-13)9-16-11(15)10-6-4-3-5-7-10;2*3-2(4,5)1(6)7/h3-7,14H,8-9,13H2,1-2H3;2*(H,6,7). The Labute approximate surface area is 166 Å². The predicted molar refractivity (Wildman–Crippen MR) is 90.1 cm³/mol. The average molecular weight is 450 g/mol. The Morgan fingerprint density at radius 1 is 0.933 bits per heavy atom. The molecule has 0 saturated carbocycles. The van der Waals surface area contributed by atoms with Crippen LogP contribution in [0.2, 0.25) is 0 Å². The molecule has 0 amide bonds. The minimum atomic E-state index is -5.08. The molecular formula is C16H20F6N2O6. The highest BCUT2D eigenvalue weighted by atomic mass is 19.4. The number of rotatable bonds is 5. The molecule has 1 aromatic rings. The first kappa shape index (κ1) is 29.3. The number of halogens is 6. The van der Waals surface area contributed by atoms with Gasteiger partial charge in [0.1, 0.15) is 0 Å². The lowest BCUT2D eigenvalue weighted by Gasteiger charge is -2.23. The quantitative estimate of drug-likeness (QED) is 0.232. The smallest absolute Gasteiger partial charge is 0.475 e. The maximum Gasteiger partial charge on any atom is 0.490 e. The topological polar surface area (TPSA) is 139 Å². The lowest BCUT2D eigenvalue weighted by molar-refractivity contribution is -0.193. The van der Waals surface area contributed by atoms with Gasteiger partial charge in [-0.25, -0.2) is 14.4 Å². The molecule has 0 bridgehead atoms. The van der Waals surface area contributed by atoms with Crippen LogP contribution in [0.1, 0.15) is 24.2 Å². The summed E-state index contributed by atoms with van der Waals surface area (Å²) < 4.78 is 68.7. The number of ether oxygens (including phenoxy) is 1. The van der Waals surface area contributed by atoms with Crippen molar-refractivity contribution in [2.24, 2.45) is 11.3 Å². The molecule has 8 nitrogen and oxygen atoms in total. The maximum atomic E-state index is 11.6. The normalized spacial score (nSPS) is 11.2. The van der Waals surface area contributed by atoms with E-state index in [-0.39, 0.29) is 11.4 Å². The molecule has 0 saturated heterocycles. The van der Waals surface area contributed by atoms with Crippen LogP contribution in [0.4, 0.5) is 26.3 Å². The molecule has 0 atom stereocenters. The third kappa shape index (κ3) is 15.1. The zero-order valence-electron chi connectivity index (χ0n) is 15.7. The summed E-state index contributed by atoms with van der Waals surface area (Å²) >= 11 is 0. The Kier molecular flexibility index (Phi) is 12.4. The van der Waals surface area contributed by atoms with E-state index in [1.807, 2.05) is 32.0 Å². The summed E-state index contributed by atoms with van der Waals surface area (Å²) in [6.07, 6.45) is -10.2. The lowest BCUT2D eigenvalue weighted by atomic mass is 9.95. The number of hydrazine groups is 1. The van der Waals surface area contributed by atoms with Crippen molar-refractivity contribution in [2.45, 2.75) is 26.2 Å². The Bertz CT molecular complexity index is 653. The highest BCUT2D eigenvalue weighted by molar-refractivity contribution is 5.89. The van der Waals surface area contributed by atoms with Gasteiger partial charge in [-0.1, -0.05) is 32.0 Å². The van der Waals surface area contributed by atoms with Crippen LogP contribution in [-0.2, 0) is 14.3 Å². The van der Waals surface area contributed by atoms with E-state index < -0.39 is 24.3 Å². The number of hydrogen-bond acceptors (Lipinski definition) is 6. The van der Waals surface area contributed by atoms with Crippen LogP contribution in [-0.4, -0.2) is 53.6 Å². The van der Waals surface area contributed by atoms with Gasteiger partial charge in [0.05, 0.1) is 12.2 Å². The predicted octanol–water partition coefficient (Wildman–Crippen LogP) is 2.60.